The molecule has 1 aliphatic heterocycles. The lowest BCUT2D eigenvalue weighted by molar-refractivity contribution is -0.130. The molecule has 1 atom stereocenters. The zero-order valence-corrected chi connectivity index (χ0v) is 15.0. The molecule has 3 amide bonds. The van der Waals surface area contributed by atoms with E-state index in [4.69, 9.17) is 0 Å². The lowest BCUT2D eigenvalue weighted by Crippen LogP contribution is -2.50. The van der Waals surface area contributed by atoms with E-state index < -0.39 is 0 Å². The number of rotatable bonds is 8. The second-order valence-corrected chi connectivity index (χ2v) is 6.44. The van der Waals surface area contributed by atoms with Gasteiger partial charge in [-0.1, -0.05) is 33.1 Å². The fraction of sp³-hybridized carbons (Fsp3) is 0.526. The van der Waals surface area contributed by atoms with E-state index in [1.165, 1.54) is 11.4 Å². The SMILES string of the molecule is CCCC[C@@H](CC)CNC(=O)c1ccc(N2NC(=O)CCC2=O)cc1. The Morgan fingerprint density at radius 1 is 1.20 bits per heavy atom. The van der Waals surface area contributed by atoms with Crippen LogP contribution in [0.15, 0.2) is 24.3 Å². The van der Waals surface area contributed by atoms with Crippen LogP contribution in [0.1, 0.15) is 62.7 Å². The third-order valence-corrected chi connectivity index (χ3v) is 4.53. The van der Waals surface area contributed by atoms with Crippen LogP contribution in [0.5, 0.6) is 0 Å². The summed E-state index contributed by atoms with van der Waals surface area (Å²) in [6.45, 7) is 4.99. The molecule has 6 heteroatoms. The predicted octanol–water partition coefficient (Wildman–Crippen LogP) is 2.79. The fourth-order valence-electron chi connectivity index (χ4n) is 2.83. The van der Waals surface area contributed by atoms with Gasteiger partial charge in [-0.2, -0.15) is 0 Å². The van der Waals surface area contributed by atoms with E-state index in [-0.39, 0.29) is 30.6 Å². The lowest BCUT2D eigenvalue weighted by atomic mass is 9.99. The third-order valence-electron chi connectivity index (χ3n) is 4.53. The van der Waals surface area contributed by atoms with Crippen LogP contribution in [0.25, 0.3) is 0 Å². The van der Waals surface area contributed by atoms with Crippen LogP contribution in [0.2, 0.25) is 0 Å². The molecule has 0 radical (unpaired) electrons. The Morgan fingerprint density at radius 2 is 1.92 bits per heavy atom. The molecule has 1 fully saturated rings. The highest BCUT2D eigenvalue weighted by Gasteiger charge is 2.24. The number of nitrogens with zero attached hydrogens (tertiary/aromatic N) is 1. The minimum atomic E-state index is -0.181. The van der Waals surface area contributed by atoms with Crippen LogP contribution < -0.4 is 15.8 Å². The summed E-state index contributed by atoms with van der Waals surface area (Å²) in [4.78, 5) is 35.6. The van der Waals surface area contributed by atoms with E-state index in [0.29, 0.717) is 23.7 Å². The molecule has 1 heterocycles. The summed E-state index contributed by atoms with van der Waals surface area (Å²) in [6.07, 6.45) is 4.94. The van der Waals surface area contributed by atoms with Crippen molar-refractivity contribution < 1.29 is 14.4 Å². The number of carbonyl (C=O) groups excluding carboxylic acids is 3. The first-order chi connectivity index (χ1) is 12.0. The first-order valence-corrected chi connectivity index (χ1v) is 9.05. The number of hydrogen-bond acceptors (Lipinski definition) is 3. The minimum Gasteiger partial charge on any atom is -0.352 e. The summed E-state index contributed by atoms with van der Waals surface area (Å²) in [5.74, 6) is 0.0532. The molecule has 1 saturated heterocycles. The maximum Gasteiger partial charge on any atom is 0.251 e. The Bertz CT molecular complexity index is 613. The van der Waals surface area contributed by atoms with E-state index in [0.717, 1.165) is 19.3 Å². The quantitative estimate of drug-likeness (QED) is 0.760. The van der Waals surface area contributed by atoms with Crippen LogP contribution in [-0.2, 0) is 9.59 Å². The van der Waals surface area contributed by atoms with Crippen LogP contribution in [0, 0.1) is 5.92 Å². The molecule has 6 nitrogen and oxygen atoms in total. The Hall–Kier alpha value is -2.37. The number of hydrogen-bond donors (Lipinski definition) is 2. The monoisotopic (exact) mass is 345 g/mol. The number of hydrazine groups is 1. The maximum atomic E-state index is 12.3. The zero-order chi connectivity index (χ0) is 18.2. The average Bonchev–Trinajstić information content (AvgIpc) is 2.64. The minimum absolute atomic E-state index is 0.115. The Morgan fingerprint density at radius 3 is 2.56 bits per heavy atom. The van der Waals surface area contributed by atoms with Crippen molar-refractivity contribution in [2.45, 2.75) is 52.4 Å². The molecule has 0 unspecified atom stereocenters. The molecule has 25 heavy (non-hydrogen) atoms. The van der Waals surface area contributed by atoms with Crippen molar-refractivity contribution in [2.24, 2.45) is 5.92 Å². The predicted molar refractivity (Wildman–Crippen MR) is 96.9 cm³/mol. The summed E-state index contributed by atoms with van der Waals surface area (Å²) >= 11 is 0. The van der Waals surface area contributed by atoms with Gasteiger partial charge in [0.05, 0.1) is 5.69 Å². The molecule has 2 rings (SSSR count). The highest BCUT2D eigenvalue weighted by atomic mass is 16.2. The standard InChI is InChI=1S/C19H27N3O3/c1-3-5-6-14(4-2)13-20-19(25)15-7-9-16(10-8-15)22-18(24)12-11-17(23)21-22/h7-10,14H,3-6,11-13H2,1-2H3,(H,20,25)(H,21,23)/t14-/m1/s1. The molecule has 1 aromatic carbocycles. The van der Waals surface area contributed by atoms with Gasteiger partial charge < -0.3 is 5.32 Å². The van der Waals surface area contributed by atoms with Crippen molar-refractivity contribution in [3.05, 3.63) is 29.8 Å². The van der Waals surface area contributed by atoms with Crippen molar-refractivity contribution in [1.82, 2.24) is 10.7 Å². The molecule has 0 saturated carbocycles. The molecular formula is C19H27N3O3. The van der Waals surface area contributed by atoms with E-state index in [2.05, 4.69) is 24.6 Å². The largest absolute Gasteiger partial charge is 0.352 e. The average molecular weight is 345 g/mol. The zero-order valence-electron chi connectivity index (χ0n) is 15.0. The fourth-order valence-corrected chi connectivity index (χ4v) is 2.83. The molecule has 0 bridgehead atoms. The highest BCUT2D eigenvalue weighted by molar-refractivity contribution is 6.01. The van der Waals surface area contributed by atoms with Crippen molar-refractivity contribution >= 4 is 23.4 Å². The van der Waals surface area contributed by atoms with E-state index in [1.807, 2.05) is 0 Å². The van der Waals surface area contributed by atoms with E-state index in [9.17, 15) is 14.4 Å². The summed E-state index contributed by atoms with van der Waals surface area (Å²) in [6, 6.07) is 6.69. The van der Waals surface area contributed by atoms with Crippen LogP contribution in [-0.4, -0.2) is 24.3 Å². The number of benzene rings is 1. The summed E-state index contributed by atoms with van der Waals surface area (Å²) in [5, 5.41) is 4.23. The number of unbranched alkanes of at least 4 members (excludes halogenated alkanes) is 1. The molecule has 2 N–H and O–H groups in total. The summed E-state index contributed by atoms with van der Waals surface area (Å²) < 4.78 is 0. The number of carbonyl (C=O) groups is 3. The number of anilines is 1. The van der Waals surface area contributed by atoms with Gasteiger partial charge in [0.2, 0.25) is 11.8 Å². The first kappa shape index (κ1) is 19.0. The van der Waals surface area contributed by atoms with Gasteiger partial charge in [-0.15, -0.1) is 0 Å². The van der Waals surface area contributed by atoms with Gasteiger partial charge in [-0.25, -0.2) is 5.01 Å². The Labute approximate surface area is 148 Å². The second-order valence-electron chi connectivity index (χ2n) is 6.44. The van der Waals surface area contributed by atoms with Crippen LogP contribution >= 0.6 is 0 Å². The van der Waals surface area contributed by atoms with Crippen LogP contribution in [0.3, 0.4) is 0 Å². The highest BCUT2D eigenvalue weighted by Crippen LogP contribution is 2.18. The van der Waals surface area contributed by atoms with Gasteiger partial charge in [0.1, 0.15) is 0 Å². The second kappa shape index (κ2) is 9.20. The van der Waals surface area contributed by atoms with Crippen LogP contribution in [0.4, 0.5) is 5.69 Å². The van der Waals surface area contributed by atoms with Gasteiger partial charge in [0.15, 0.2) is 0 Å². The van der Waals surface area contributed by atoms with Crippen molar-refractivity contribution in [2.75, 3.05) is 11.6 Å². The van der Waals surface area contributed by atoms with Gasteiger partial charge >= 0.3 is 0 Å². The van der Waals surface area contributed by atoms with Crippen molar-refractivity contribution in [3.8, 4) is 0 Å². The topological polar surface area (TPSA) is 78.5 Å². The van der Waals surface area contributed by atoms with Gasteiger partial charge in [0, 0.05) is 24.9 Å². The molecular weight excluding hydrogens is 318 g/mol. The lowest BCUT2D eigenvalue weighted by Gasteiger charge is -2.27. The molecule has 136 valence electrons. The normalized spacial score (nSPS) is 15.7. The molecule has 0 aromatic heterocycles. The summed E-state index contributed by atoms with van der Waals surface area (Å²) in [7, 11) is 0. The molecule has 0 spiro atoms. The maximum absolute atomic E-state index is 12.3. The van der Waals surface area contributed by atoms with E-state index >= 15 is 0 Å². The van der Waals surface area contributed by atoms with Crippen molar-refractivity contribution in [3.63, 3.8) is 0 Å². The third kappa shape index (κ3) is 5.31. The Balaban J connectivity index is 1.93. The van der Waals surface area contributed by atoms with Gasteiger partial charge in [0.25, 0.3) is 5.91 Å². The van der Waals surface area contributed by atoms with Crippen molar-refractivity contribution in [1.29, 1.82) is 0 Å². The smallest absolute Gasteiger partial charge is 0.251 e. The molecule has 0 aliphatic carbocycles. The molecule has 1 aliphatic rings. The number of amides is 3. The van der Waals surface area contributed by atoms with Gasteiger partial charge in [-0.05, 0) is 36.6 Å². The van der Waals surface area contributed by atoms with Gasteiger partial charge in [-0.3, -0.25) is 19.8 Å². The Kier molecular flexibility index (Phi) is 6.98. The summed E-state index contributed by atoms with van der Waals surface area (Å²) in [5.41, 5.74) is 3.65. The molecule has 1 aromatic rings. The number of nitrogens with one attached hydrogen (secondary N) is 2. The first-order valence-electron chi connectivity index (χ1n) is 9.05. The van der Waals surface area contributed by atoms with E-state index in [1.54, 1.807) is 24.3 Å².